The summed E-state index contributed by atoms with van der Waals surface area (Å²) < 4.78 is 15.8. The van der Waals surface area contributed by atoms with Crippen LogP contribution in [0, 0.1) is 0 Å². The Hall–Kier alpha value is -2.70. The molecule has 1 saturated heterocycles. The van der Waals surface area contributed by atoms with Gasteiger partial charge in [0.1, 0.15) is 0 Å². The van der Waals surface area contributed by atoms with Crippen LogP contribution in [0.2, 0.25) is 5.02 Å². The van der Waals surface area contributed by atoms with Gasteiger partial charge in [0.05, 0.1) is 5.92 Å². The molecule has 2 atom stereocenters. The number of carbonyl (C=O) groups is 3. The Balaban J connectivity index is 1.78. The van der Waals surface area contributed by atoms with Gasteiger partial charge in [-0.05, 0) is 42.8 Å². The van der Waals surface area contributed by atoms with Crippen molar-refractivity contribution in [2.24, 2.45) is 0 Å². The van der Waals surface area contributed by atoms with Crippen molar-refractivity contribution in [3.63, 3.8) is 0 Å². The van der Waals surface area contributed by atoms with Gasteiger partial charge in [-0.2, -0.15) is 0 Å². The SMILES string of the molecule is CC(C(=O)OC1(C)OC(C)(C)OC1=O)c1cccc(C(=O)c2ccc(Cl)cc2)c1. The zero-order valence-electron chi connectivity index (χ0n) is 16.5. The number of ketones is 1. The average Bonchev–Trinajstić information content (AvgIpc) is 2.87. The summed E-state index contributed by atoms with van der Waals surface area (Å²) in [7, 11) is 0. The first kappa shape index (κ1) is 21.0. The first-order chi connectivity index (χ1) is 13.5. The van der Waals surface area contributed by atoms with Crippen molar-refractivity contribution in [1.82, 2.24) is 0 Å². The lowest BCUT2D eigenvalue weighted by Crippen LogP contribution is -2.40. The van der Waals surface area contributed by atoms with Gasteiger partial charge < -0.3 is 9.47 Å². The fourth-order valence-electron chi connectivity index (χ4n) is 3.04. The molecular formula is C22H21ClO6. The van der Waals surface area contributed by atoms with Gasteiger partial charge in [0.2, 0.25) is 5.79 Å². The number of hydrogen-bond donors (Lipinski definition) is 0. The Morgan fingerprint density at radius 3 is 2.28 bits per heavy atom. The fourth-order valence-corrected chi connectivity index (χ4v) is 3.17. The summed E-state index contributed by atoms with van der Waals surface area (Å²) in [5, 5.41) is 0.538. The molecule has 0 saturated carbocycles. The highest BCUT2D eigenvalue weighted by atomic mass is 35.5. The van der Waals surface area contributed by atoms with Crippen molar-refractivity contribution >= 4 is 29.3 Å². The standard InChI is InChI=1S/C22H21ClO6/c1-13(19(25)27-22(4)20(26)28-21(2,3)29-22)15-6-5-7-16(12-15)18(24)14-8-10-17(23)11-9-14/h5-13H,1-4H3. The summed E-state index contributed by atoms with van der Waals surface area (Å²) in [6.07, 6.45) is 0. The molecule has 0 radical (unpaired) electrons. The third-order valence-electron chi connectivity index (χ3n) is 4.55. The number of hydrogen-bond acceptors (Lipinski definition) is 6. The highest BCUT2D eigenvalue weighted by molar-refractivity contribution is 6.30. The van der Waals surface area contributed by atoms with Crippen LogP contribution in [0.3, 0.4) is 0 Å². The number of carbonyl (C=O) groups excluding carboxylic acids is 3. The molecule has 0 bridgehead atoms. The van der Waals surface area contributed by atoms with Crippen LogP contribution >= 0.6 is 11.6 Å². The highest BCUT2D eigenvalue weighted by Gasteiger charge is 2.54. The molecule has 1 fully saturated rings. The van der Waals surface area contributed by atoms with E-state index in [4.69, 9.17) is 25.8 Å². The van der Waals surface area contributed by atoms with Crippen LogP contribution in [-0.2, 0) is 23.8 Å². The largest absolute Gasteiger partial charge is 0.429 e. The zero-order valence-corrected chi connectivity index (χ0v) is 17.3. The first-order valence-corrected chi connectivity index (χ1v) is 9.45. The summed E-state index contributed by atoms with van der Waals surface area (Å²) in [6.45, 7) is 6.08. The molecule has 6 nitrogen and oxygen atoms in total. The molecule has 1 aliphatic rings. The molecule has 1 aliphatic heterocycles. The third kappa shape index (κ3) is 4.49. The minimum Gasteiger partial charge on any atom is -0.429 e. The number of esters is 2. The van der Waals surface area contributed by atoms with E-state index in [1.807, 2.05) is 0 Å². The fraction of sp³-hybridized carbons (Fsp3) is 0.318. The first-order valence-electron chi connectivity index (χ1n) is 9.07. The van der Waals surface area contributed by atoms with E-state index in [1.165, 1.54) is 6.92 Å². The molecule has 2 aromatic rings. The van der Waals surface area contributed by atoms with E-state index in [1.54, 1.807) is 69.3 Å². The van der Waals surface area contributed by atoms with Gasteiger partial charge in [-0.1, -0.05) is 29.8 Å². The van der Waals surface area contributed by atoms with E-state index in [2.05, 4.69) is 0 Å². The predicted octanol–water partition coefficient (Wildman–Crippen LogP) is 4.24. The van der Waals surface area contributed by atoms with Gasteiger partial charge in [-0.15, -0.1) is 0 Å². The predicted molar refractivity (Wildman–Crippen MR) is 105 cm³/mol. The minimum atomic E-state index is -1.81. The minimum absolute atomic E-state index is 0.194. The number of halogens is 1. The van der Waals surface area contributed by atoms with E-state index >= 15 is 0 Å². The Bertz CT molecular complexity index is 966. The molecule has 7 heteroatoms. The van der Waals surface area contributed by atoms with Crippen molar-refractivity contribution in [3.05, 3.63) is 70.2 Å². The Kier molecular flexibility index (Phi) is 5.52. The van der Waals surface area contributed by atoms with Crippen LogP contribution in [0.4, 0.5) is 0 Å². The van der Waals surface area contributed by atoms with Gasteiger partial charge in [-0.25, -0.2) is 4.79 Å². The molecule has 2 unspecified atom stereocenters. The normalized spacial score (nSPS) is 21.3. The molecule has 0 amide bonds. The van der Waals surface area contributed by atoms with E-state index in [0.29, 0.717) is 21.7 Å². The molecule has 152 valence electrons. The molecule has 29 heavy (non-hydrogen) atoms. The maximum absolute atomic E-state index is 12.7. The lowest BCUT2D eigenvalue weighted by Gasteiger charge is -2.23. The van der Waals surface area contributed by atoms with Crippen molar-refractivity contribution in [3.8, 4) is 0 Å². The van der Waals surface area contributed by atoms with Crippen molar-refractivity contribution in [1.29, 1.82) is 0 Å². The summed E-state index contributed by atoms with van der Waals surface area (Å²) in [5.74, 6) is -5.36. The number of benzene rings is 2. The summed E-state index contributed by atoms with van der Waals surface area (Å²) in [4.78, 5) is 37.4. The van der Waals surface area contributed by atoms with Gasteiger partial charge in [0.15, 0.2) is 5.78 Å². The lowest BCUT2D eigenvalue weighted by molar-refractivity contribution is -0.239. The topological polar surface area (TPSA) is 78.9 Å². The van der Waals surface area contributed by atoms with Crippen LogP contribution in [0.25, 0.3) is 0 Å². The lowest BCUT2D eigenvalue weighted by atomic mass is 9.95. The van der Waals surface area contributed by atoms with Crippen molar-refractivity contribution < 1.29 is 28.6 Å². The molecule has 0 aromatic heterocycles. The van der Waals surface area contributed by atoms with Gasteiger partial charge in [-0.3, -0.25) is 14.3 Å². The van der Waals surface area contributed by atoms with Gasteiger partial charge >= 0.3 is 17.7 Å². The van der Waals surface area contributed by atoms with Crippen LogP contribution in [-0.4, -0.2) is 29.3 Å². The van der Waals surface area contributed by atoms with E-state index in [-0.39, 0.29) is 5.78 Å². The Labute approximate surface area is 173 Å². The summed E-state index contributed by atoms with van der Waals surface area (Å²) in [5.41, 5.74) is 1.48. The monoisotopic (exact) mass is 416 g/mol. The maximum Gasteiger partial charge on any atom is 0.382 e. The zero-order chi connectivity index (χ0) is 21.4. The second-order valence-corrected chi connectivity index (χ2v) is 7.88. The van der Waals surface area contributed by atoms with Gasteiger partial charge in [0, 0.05) is 36.9 Å². The summed E-state index contributed by atoms with van der Waals surface area (Å²) >= 11 is 5.87. The number of cyclic esters (lactones) is 1. The number of ether oxygens (including phenoxy) is 3. The van der Waals surface area contributed by atoms with E-state index in [9.17, 15) is 14.4 Å². The Morgan fingerprint density at radius 2 is 1.69 bits per heavy atom. The van der Waals surface area contributed by atoms with E-state index in [0.717, 1.165) is 0 Å². The maximum atomic E-state index is 12.7. The van der Waals surface area contributed by atoms with Crippen LogP contribution in [0.1, 0.15) is 55.1 Å². The third-order valence-corrected chi connectivity index (χ3v) is 4.81. The molecule has 0 aliphatic carbocycles. The second kappa shape index (κ2) is 7.61. The number of rotatable bonds is 5. The smallest absolute Gasteiger partial charge is 0.382 e. The van der Waals surface area contributed by atoms with Gasteiger partial charge in [0.25, 0.3) is 0 Å². The average molecular weight is 417 g/mol. The highest BCUT2D eigenvalue weighted by Crippen LogP contribution is 2.34. The van der Waals surface area contributed by atoms with Crippen molar-refractivity contribution in [2.45, 2.75) is 45.2 Å². The van der Waals surface area contributed by atoms with Crippen LogP contribution in [0.15, 0.2) is 48.5 Å². The molecule has 1 heterocycles. The molecular weight excluding hydrogens is 396 g/mol. The Morgan fingerprint density at radius 1 is 1.03 bits per heavy atom. The second-order valence-electron chi connectivity index (χ2n) is 7.44. The van der Waals surface area contributed by atoms with Crippen LogP contribution in [0.5, 0.6) is 0 Å². The molecule has 3 rings (SSSR count). The van der Waals surface area contributed by atoms with Crippen LogP contribution < -0.4 is 0 Å². The van der Waals surface area contributed by atoms with Crippen molar-refractivity contribution in [2.75, 3.05) is 0 Å². The van der Waals surface area contributed by atoms with E-state index < -0.39 is 29.4 Å². The quantitative estimate of drug-likeness (QED) is 0.535. The molecule has 2 aromatic carbocycles. The summed E-state index contributed by atoms with van der Waals surface area (Å²) in [6, 6.07) is 13.3. The molecule has 0 N–H and O–H groups in total. The molecule has 0 spiro atoms.